The Hall–Kier alpha value is -3.11. The highest BCUT2D eigenvalue weighted by atomic mass is 32.2. The van der Waals surface area contributed by atoms with Crippen LogP contribution in [0.5, 0.6) is 0 Å². The summed E-state index contributed by atoms with van der Waals surface area (Å²) >= 11 is 1.06. The number of carbonyl (C=O) groups is 1. The summed E-state index contributed by atoms with van der Waals surface area (Å²) in [6.45, 7) is 0. The van der Waals surface area contributed by atoms with Crippen molar-refractivity contribution in [3.63, 3.8) is 0 Å². The van der Waals surface area contributed by atoms with E-state index in [-0.39, 0.29) is 15.6 Å². The van der Waals surface area contributed by atoms with E-state index in [0.29, 0.717) is 5.56 Å². The SMILES string of the molecule is O=C(/C=C/c1ccc(C(F)(F)F)cc1)Nc1ccccc1NS(=O)(=O)c1cccs1. The molecule has 1 aromatic heterocycles. The number of para-hydroxylation sites is 2. The zero-order chi connectivity index (χ0) is 21.8. The average Bonchev–Trinajstić information content (AvgIpc) is 3.23. The molecule has 0 aliphatic heterocycles. The minimum absolute atomic E-state index is 0.130. The fraction of sp³-hybridized carbons (Fsp3) is 0.0500. The third-order valence-corrected chi connectivity index (χ3v) is 6.62. The van der Waals surface area contributed by atoms with Crippen LogP contribution < -0.4 is 10.0 Å². The maximum absolute atomic E-state index is 12.6. The summed E-state index contributed by atoms with van der Waals surface area (Å²) in [7, 11) is -3.79. The molecule has 3 rings (SSSR count). The third kappa shape index (κ3) is 5.49. The second-order valence-corrected chi connectivity index (χ2v) is 8.88. The van der Waals surface area contributed by atoms with Gasteiger partial charge in [0.1, 0.15) is 4.21 Å². The van der Waals surface area contributed by atoms with Crippen molar-refractivity contribution in [2.45, 2.75) is 10.4 Å². The fourth-order valence-corrected chi connectivity index (χ4v) is 4.49. The Labute approximate surface area is 174 Å². The van der Waals surface area contributed by atoms with E-state index in [0.717, 1.165) is 29.5 Å². The van der Waals surface area contributed by atoms with Crippen molar-refractivity contribution in [3.05, 3.63) is 83.2 Å². The molecule has 5 nitrogen and oxygen atoms in total. The van der Waals surface area contributed by atoms with Crippen LogP contribution in [0.25, 0.3) is 6.08 Å². The van der Waals surface area contributed by atoms with Gasteiger partial charge in [0.2, 0.25) is 5.91 Å². The normalized spacial score (nSPS) is 12.1. The molecule has 30 heavy (non-hydrogen) atoms. The molecule has 0 unspecified atom stereocenters. The summed E-state index contributed by atoms with van der Waals surface area (Å²) in [6, 6.07) is 13.7. The van der Waals surface area contributed by atoms with E-state index in [1.165, 1.54) is 36.4 Å². The monoisotopic (exact) mass is 452 g/mol. The van der Waals surface area contributed by atoms with E-state index in [1.807, 2.05) is 0 Å². The highest BCUT2D eigenvalue weighted by Gasteiger charge is 2.29. The van der Waals surface area contributed by atoms with Gasteiger partial charge in [-0.3, -0.25) is 9.52 Å². The molecule has 0 fully saturated rings. The second kappa shape index (κ2) is 8.72. The predicted molar refractivity (Wildman–Crippen MR) is 111 cm³/mol. The molecule has 0 saturated heterocycles. The molecule has 0 bridgehead atoms. The van der Waals surface area contributed by atoms with E-state index in [2.05, 4.69) is 10.0 Å². The number of amides is 1. The molecular weight excluding hydrogens is 437 g/mol. The average molecular weight is 452 g/mol. The number of carbonyl (C=O) groups excluding carboxylic acids is 1. The van der Waals surface area contributed by atoms with Crippen LogP contribution in [0.15, 0.2) is 76.3 Å². The van der Waals surface area contributed by atoms with Crippen molar-refractivity contribution >= 4 is 44.7 Å². The van der Waals surface area contributed by atoms with Crippen molar-refractivity contribution in [3.8, 4) is 0 Å². The maximum Gasteiger partial charge on any atom is 0.416 e. The lowest BCUT2D eigenvalue weighted by Gasteiger charge is -2.12. The van der Waals surface area contributed by atoms with Crippen LogP contribution in [-0.4, -0.2) is 14.3 Å². The van der Waals surface area contributed by atoms with E-state index in [1.54, 1.807) is 23.6 Å². The van der Waals surface area contributed by atoms with E-state index in [9.17, 15) is 26.4 Å². The topological polar surface area (TPSA) is 75.3 Å². The number of nitrogens with one attached hydrogen (secondary N) is 2. The van der Waals surface area contributed by atoms with Gasteiger partial charge in [0, 0.05) is 6.08 Å². The van der Waals surface area contributed by atoms with Gasteiger partial charge in [0.15, 0.2) is 0 Å². The summed E-state index contributed by atoms with van der Waals surface area (Å²) in [6.07, 6.45) is -1.93. The Morgan fingerprint density at radius 2 is 1.60 bits per heavy atom. The fourth-order valence-electron chi connectivity index (χ4n) is 2.42. The molecule has 2 aromatic carbocycles. The van der Waals surface area contributed by atoms with Gasteiger partial charge in [-0.25, -0.2) is 8.42 Å². The van der Waals surface area contributed by atoms with Gasteiger partial charge in [-0.15, -0.1) is 11.3 Å². The molecule has 0 radical (unpaired) electrons. The molecule has 1 heterocycles. The Morgan fingerprint density at radius 3 is 2.20 bits per heavy atom. The number of anilines is 2. The van der Waals surface area contributed by atoms with Crippen molar-refractivity contribution < 1.29 is 26.4 Å². The van der Waals surface area contributed by atoms with Crippen molar-refractivity contribution in [2.75, 3.05) is 10.0 Å². The van der Waals surface area contributed by atoms with Crippen LogP contribution >= 0.6 is 11.3 Å². The zero-order valence-electron chi connectivity index (χ0n) is 15.2. The number of hydrogen-bond acceptors (Lipinski definition) is 4. The van der Waals surface area contributed by atoms with Gasteiger partial charge in [-0.1, -0.05) is 30.3 Å². The predicted octanol–water partition coefficient (Wildman–Crippen LogP) is 5.22. The van der Waals surface area contributed by atoms with Gasteiger partial charge in [0.05, 0.1) is 16.9 Å². The van der Waals surface area contributed by atoms with Crippen molar-refractivity contribution in [1.82, 2.24) is 0 Å². The third-order valence-electron chi connectivity index (χ3n) is 3.85. The van der Waals surface area contributed by atoms with Crippen LogP contribution in [-0.2, 0) is 21.0 Å². The summed E-state index contributed by atoms with van der Waals surface area (Å²) in [5, 5.41) is 4.19. The molecular formula is C20H15F3N2O3S2. The summed E-state index contributed by atoms with van der Waals surface area (Å²) in [4.78, 5) is 12.2. The number of rotatable bonds is 6. The summed E-state index contributed by atoms with van der Waals surface area (Å²) in [5.41, 5.74) is 0.0442. The number of benzene rings is 2. The quantitative estimate of drug-likeness (QED) is 0.504. The molecule has 3 aromatic rings. The van der Waals surface area contributed by atoms with Gasteiger partial charge in [-0.05, 0) is 47.4 Å². The van der Waals surface area contributed by atoms with Gasteiger partial charge < -0.3 is 5.32 Å². The number of halogens is 3. The molecule has 0 saturated carbocycles. The Kier molecular flexibility index (Phi) is 6.28. The second-order valence-electron chi connectivity index (χ2n) is 6.03. The molecule has 10 heteroatoms. The first-order chi connectivity index (χ1) is 14.1. The van der Waals surface area contributed by atoms with Crippen LogP contribution in [0, 0.1) is 0 Å². The van der Waals surface area contributed by atoms with Gasteiger partial charge >= 0.3 is 6.18 Å². The lowest BCUT2D eigenvalue weighted by Crippen LogP contribution is -2.15. The van der Waals surface area contributed by atoms with Gasteiger partial charge in [0.25, 0.3) is 10.0 Å². The number of alkyl halides is 3. The lowest BCUT2D eigenvalue weighted by atomic mass is 10.1. The summed E-state index contributed by atoms with van der Waals surface area (Å²) in [5.74, 6) is -0.572. The molecule has 0 aliphatic rings. The highest BCUT2D eigenvalue weighted by Crippen LogP contribution is 2.29. The van der Waals surface area contributed by atoms with E-state index >= 15 is 0 Å². The smallest absolute Gasteiger partial charge is 0.321 e. The van der Waals surface area contributed by atoms with Crippen LogP contribution in [0.4, 0.5) is 24.5 Å². The molecule has 0 atom stereocenters. The lowest BCUT2D eigenvalue weighted by molar-refractivity contribution is -0.137. The van der Waals surface area contributed by atoms with Crippen molar-refractivity contribution in [2.24, 2.45) is 0 Å². The Morgan fingerprint density at radius 1 is 0.933 bits per heavy atom. The Balaban J connectivity index is 1.71. The largest absolute Gasteiger partial charge is 0.416 e. The van der Waals surface area contributed by atoms with Gasteiger partial charge in [-0.2, -0.15) is 13.2 Å². The molecule has 2 N–H and O–H groups in total. The molecule has 1 amide bonds. The van der Waals surface area contributed by atoms with Crippen LogP contribution in [0.1, 0.15) is 11.1 Å². The standard InChI is InChI=1S/C20H15F3N2O3S2/c21-20(22,23)15-10-7-14(8-11-15)9-12-18(26)24-16-4-1-2-5-17(16)25-30(27,28)19-6-3-13-29-19/h1-13,25H,(H,24,26)/b12-9+. The van der Waals surface area contributed by atoms with Crippen LogP contribution in [0.3, 0.4) is 0 Å². The summed E-state index contributed by atoms with van der Waals surface area (Å²) < 4.78 is 65.1. The highest BCUT2D eigenvalue weighted by molar-refractivity contribution is 7.94. The van der Waals surface area contributed by atoms with E-state index < -0.39 is 27.7 Å². The zero-order valence-corrected chi connectivity index (χ0v) is 16.8. The number of hydrogen-bond donors (Lipinski definition) is 2. The molecule has 0 spiro atoms. The number of sulfonamides is 1. The minimum atomic E-state index is -4.43. The van der Waals surface area contributed by atoms with Crippen LogP contribution in [0.2, 0.25) is 0 Å². The molecule has 156 valence electrons. The van der Waals surface area contributed by atoms with Crippen molar-refractivity contribution in [1.29, 1.82) is 0 Å². The first kappa shape index (κ1) is 21.6. The maximum atomic E-state index is 12.6. The first-order valence-electron chi connectivity index (χ1n) is 8.47. The molecule has 0 aliphatic carbocycles. The van der Waals surface area contributed by atoms with E-state index in [4.69, 9.17) is 0 Å². The first-order valence-corrected chi connectivity index (χ1v) is 10.8. The minimum Gasteiger partial charge on any atom is -0.321 e. The Bertz CT molecular complexity index is 1150. The number of thiophene rings is 1.